The summed E-state index contributed by atoms with van der Waals surface area (Å²) in [5, 5.41) is 1.97. The Hall–Kier alpha value is -1.47. The zero-order chi connectivity index (χ0) is 16.4. The molecule has 0 aliphatic carbocycles. The first kappa shape index (κ1) is 17.6. The molecule has 0 spiro atoms. The van der Waals surface area contributed by atoms with Gasteiger partial charge in [-0.3, -0.25) is 4.79 Å². The highest BCUT2D eigenvalue weighted by atomic mass is 19.4. The molecule has 122 valence electrons. The Balaban J connectivity index is 2.55. The predicted molar refractivity (Wildman–Crippen MR) is 69.6 cm³/mol. The number of rotatable bonds is 1. The minimum Gasteiger partial charge on any atom is -0.444 e. The van der Waals surface area contributed by atoms with Crippen LogP contribution >= 0.6 is 0 Å². The van der Waals surface area contributed by atoms with Gasteiger partial charge in [-0.2, -0.15) is 13.2 Å². The van der Waals surface area contributed by atoms with Crippen LogP contribution in [-0.2, 0) is 9.53 Å². The number of hydrogen-bond donors (Lipinski definition) is 1. The summed E-state index contributed by atoms with van der Waals surface area (Å²) in [6.45, 7) is 7.41. The van der Waals surface area contributed by atoms with Crippen molar-refractivity contribution in [1.82, 2.24) is 10.2 Å². The summed E-state index contributed by atoms with van der Waals surface area (Å²) in [5.74, 6) is -2.22. The summed E-state index contributed by atoms with van der Waals surface area (Å²) in [4.78, 5) is 24.3. The van der Waals surface area contributed by atoms with Gasteiger partial charge >= 0.3 is 18.2 Å². The summed E-state index contributed by atoms with van der Waals surface area (Å²) in [7, 11) is 0. The van der Waals surface area contributed by atoms with Crippen molar-refractivity contribution in [2.75, 3.05) is 13.1 Å². The molecule has 21 heavy (non-hydrogen) atoms. The summed E-state index contributed by atoms with van der Waals surface area (Å²) in [6.07, 6.45) is -5.11. The van der Waals surface area contributed by atoms with Crippen LogP contribution in [0, 0.1) is 5.92 Å². The molecule has 0 aromatic heterocycles. The van der Waals surface area contributed by atoms with Gasteiger partial charge in [0.1, 0.15) is 5.60 Å². The molecular weight excluding hydrogens is 289 g/mol. The third-order valence-corrected chi connectivity index (χ3v) is 3.13. The lowest BCUT2D eigenvalue weighted by Gasteiger charge is -2.37. The molecule has 0 aromatic rings. The molecule has 0 saturated carbocycles. The van der Waals surface area contributed by atoms with Crippen molar-refractivity contribution in [3.8, 4) is 0 Å². The van der Waals surface area contributed by atoms with Crippen LogP contribution in [0.5, 0.6) is 0 Å². The molecule has 8 heteroatoms. The molecule has 0 radical (unpaired) electrons. The standard InChI is InChI=1S/C13H21F3N2O3/c1-8-7-18(11(20)21-12(2,3)4)6-5-9(8)17-10(19)13(14,15)16/h8-9H,5-7H2,1-4H3,(H,17,19)/t8-,9-/m0/s1. The van der Waals surface area contributed by atoms with Gasteiger partial charge in [0.15, 0.2) is 0 Å². The smallest absolute Gasteiger partial charge is 0.444 e. The highest BCUT2D eigenvalue weighted by Gasteiger charge is 2.41. The van der Waals surface area contributed by atoms with E-state index in [4.69, 9.17) is 4.74 Å². The molecule has 2 atom stereocenters. The molecule has 1 aliphatic heterocycles. The Bertz CT molecular complexity index is 404. The Morgan fingerprint density at radius 2 is 1.81 bits per heavy atom. The van der Waals surface area contributed by atoms with Gasteiger partial charge in [0.25, 0.3) is 0 Å². The van der Waals surface area contributed by atoms with Crippen LogP contribution in [-0.4, -0.2) is 47.8 Å². The fourth-order valence-electron chi connectivity index (χ4n) is 2.10. The second-order valence-electron chi connectivity index (χ2n) is 6.27. The van der Waals surface area contributed by atoms with Crippen LogP contribution in [0.2, 0.25) is 0 Å². The second-order valence-corrected chi connectivity index (χ2v) is 6.27. The molecule has 0 aromatic carbocycles. The highest BCUT2D eigenvalue weighted by Crippen LogP contribution is 2.22. The number of carbonyl (C=O) groups excluding carboxylic acids is 2. The van der Waals surface area contributed by atoms with Crippen LogP contribution in [0.25, 0.3) is 0 Å². The molecule has 1 saturated heterocycles. The summed E-state index contributed by atoms with van der Waals surface area (Å²) >= 11 is 0. The van der Waals surface area contributed by atoms with Crippen molar-refractivity contribution in [3.05, 3.63) is 0 Å². The zero-order valence-corrected chi connectivity index (χ0v) is 12.6. The Morgan fingerprint density at radius 1 is 1.24 bits per heavy atom. The summed E-state index contributed by atoms with van der Waals surface area (Å²) < 4.78 is 41.9. The van der Waals surface area contributed by atoms with Gasteiger partial charge in [-0.25, -0.2) is 4.79 Å². The van der Waals surface area contributed by atoms with Crippen molar-refractivity contribution in [2.24, 2.45) is 5.92 Å². The number of amides is 2. The van der Waals surface area contributed by atoms with E-state index in [0.717, 1.165) is 0 Å². The van der Waals surface area contributed by atoms with Gasteiger partial charge in [0, 0.05) is 19.1 Å². The Labute approximate surface area is 121 Å². The first-order valence-electron chi connectivity index (χ1n) is 6.76. The number of piperidine rings is 1. The quantitative estimate of drug-likeness (QED) is 0.808. The minimum atomic E-state index is -4.89. The number of halogens is 3. The average Bonchev–Trinajstić information content (AvgIpc) is 2.28. The number of nitrogens with one attached hydrogen (secondary N) is 1. The van der Waals surface area contributed by atoms with Gasteiger partial charge < -0.3 is 15.0 Å². The highest BCUT2D eigenvalue weighted by molar-refractivity contribution is 5.82. The van der Waals surface area contributed by atoms with Crippen LogP contribution in [0.1, 0.15) is 34.1 Å². The average molecular weight is 310 g/mol. The predicted octanol–water partition coefficient (Wildman–Crippen LogP) is 2.31. The number of alkyl halides is 3. The van der Waals surface area contributed by atoms with Crippen molar-refractivity contribution in [1.29, 1.82) is 0 Å². The summed E-state index contributed by atoms with van der Waals surface area (Å²) in [5.41, 5.74) is -0.623. The monoisotopic (exact) mass is 310 g/mol. The lowest BCUT2D eigenvalue weighted by Crippen LogP contribution is -2.54. The Morgan fingerprint density at radius 3 is 2.24 bits per heavy atom. The van der Waals surface area contributed by atoms with Crippen molar-refractivity contribution in [2.45, 2.75) is 51.9 Å². The molecular formula is C13H21F3N2O3. The van der Waals surface area contributed by atoms with E-state index in [2.05, 4.69) is 0 Å². The molecule has 1 rings (SSSR count). The van der Waals surface area contributed by atoms with E-state index in [0.29, 0.717) is 0 Å². The van der Waals surface area contributed by atoms with Crippen molar-refractivity contribution < 1.29 is 27.5 Å². The third kappa shape index (κ3) is 5.43. The van der Waals surface area contributed by atoms with Crippen molar-refractivity contribution in [3.63, 3.8) is 0 Å². The van der Waals surface area contributed by atoms with E-state index in [1.54, 1.807) is 27.7 Å². The molecule has 0 unspecified atom stereocenters. The molecule has 2 amide bonds. The van der Waals surface area contributed by atoms with Gasteiger partial charge in [-0.1, -0.05) is 6.92 Å². The third-order valence-electron chi connectivity index (χ3n) is 3.13. The van der Waals surface area contributed by atoms with E-state index in [1.807, 2.05) is 5.32 Å². The fourth-order valence-corrected chi connectivity index (χ4v) is 2.10. The molecule has 5 nitrogen and oxygen atoms in total. The Kier molecular flexibility index (Phi) is 5.11. The molecule has 1 fully saturated rings. The normalized spacial score (nSPS) is 23.7. The number of carbonyl (C=O) groups is 2. The number of nitrogens with zero attached hydrogens (tertiary/aromatic N) is 1. The van der Waals surface area contributed by atoms with Gasteiger partial charge in [-0.15, -0.1) is 0 Å². The van der Waals surface area contributed by atoms with Crippen molar-refractivity contribution >= 4 is 12.0 Å². The van der Waals surface area contributed by atoms with Crippen LogP contribution in [0.15, 0.2) is 0 Å². The van der Waals surface area contributed by atoms with Gasteiger partial charge in [0.05, 0.1) is 0 Å². The topological polar surface area (TPSA) is 58.6 Å². The van der Waals surface area contributed by atoms with E-state index < -0.39 is 29.8 Å². The van der Waals surface area contributed by atoms with Crippen LogP contribution in [0.3, 0.4) is 0 Å². The maximum absolute atomic E-state index is 12.2. The molecule has 1 N–H and O–H groups in total. The number of ether oxygens (including phenoxy) is 1. The van der Waals surface area contributed by atoms with Gasteiger partial charge in [-0.05, 0) is 33.1 Å². The molecule has 0 bridgehead atoms. The van der Waals surface area contributed by atoms with E-state index in [1.165, 1.54) is 4.90 Å². The maximum atomic E-state index is 12.2. The lowest BCUT2D eigenvalue weighted by molar-refractivity contribution is -0.175. The SMILES string of the molecule is C[C@H]1CN(C(=O)OC(C)(C)C)CC[C@@H]1NC(=O)C(F)(F)F. The largest absolute Gasteiger partial charge is 0.471 e. The summed E-state index contributed by atoms with van der Waals surface area (Å²) in [6, 6.07) is -0.599. The van der Waals surface area contributed by atoms with E-state index >= 15 is 0 Å². The van der Waals surface area contributed by atoms with Crippen LogP contribution < -0.4 is 5.32 Å². The maximum Gasteiger partial charge on any atom is 0.471 e. The van der Waals surface area contributed by atoms with Crippen LogP contribution in [0.4, 0.5) is 18.0 Å². The number of hydrogen-bond acceptors (Lipinski definition) is 3. The first-order valence-corrected chi connectivity index (χ1v) is 6.76. The molecule has 1 aliphatic rings. The minimum absolute atomic E-state index is 0.248. The second kappa shape index (κ2) is 6.11. The fraction of sp³-hybridized carbons (Fsp3) is 0.846. The first-order chi connectivity index (χ1) is 9.40. The lowest BCUT2D eigenvalue weighted by atomic mass is 9.94. The van der Waals surface area contributed by atoms with E-state index in [9.17, 15) is 22.8 Å². The van der Waals surface area contributed by atoms with Gasteiger partial charge in [0.2, 0.25) is 0 Å². The van der Waals surface area contributed by atoms with E-state index in [-0.39, 0.29) is 25.4 Å². The molecule has 1 heterocycles. The number of likely N-dealkylation sites (tertiary alicyclic amines) is 1. The zero-order valence-electron chi connectivity index (χ0n) is 12.6.